The number of hydrogen-bond acceptors (Lipinski definition) is 3. The molecular formula is C21H18F7O3P. The smallest absolute Gasteiger partial charge is 0.395 e. The van der Waals surface area contributed by atoms with Gasteiger partial charge in [0.05, 0.1) is 12.5 Å². The van der Waals surface area contributed by atoms with Gasteiger partial charge >= 0.3 is 6.18 Å². The maximum Gasteiger partial charge on any atom is 0.395 e. The second-order valence-corrected chi connectivity index (χ2v) is 7.24. The Kier molecular flexibility index (Phi) is 9.07. The summed E-state index contributed by atoms with van der Waals surface area (Å²) in [5.74, 6) is -9.62. The van der Waals surface area contributed by atoms with Crippen LogP contribution in [0.4, 0.5) is 30.7 Å². The first-order chi connectivity index (χ1) is 15.1. The first-order valence-corrected chi connectivity index (χ1v) is 10.3. The van der Waals surface area contributed by atoms with E-state index in [1.54, 1.807) is 6.08 Å². The summed E-state index contributed by atoms with van der Waals surface area (Å²) in [5.41, 5.74) is -1.27. The van der Waals surface area contributed by atoms with Crippen molar-refractivity contribution >= 4 is 8.46 Å². The fourth-order valence-electron chi connectivity index (χ4n) is 2.64. The van der Waals surface area contributed by atoms with Crippen molar-refractivity contribution in [2.24, 2.45) is 5.92 Å². The summed E-state index contributed by atoms with van der Waals surface area (Å²) < 4.78 is 116. The molecule has 0 spiro atoms. The average molecular weight is 482 g/mol. The van der Waals surface area contributed by atoms with Gasteiger partial charge in [-0.25, -0.2) is 8.78 Å². The summed E-state index contributed by atoms with van der Waals surface area (Å²) in [6.07, 6.45) is -2.85. The molecule has 1 atom stereocenters. The molecule has 11 heteroatoms. The van der Waals surface area contributed by atoms with Crippen molar-refractivity contribution in [1.82, 2.24) is 0 Å². The summed E-state index contributed by atoms with van der Waals surface area (Å²) in [6.45, 7) is 2.50. The molecule has 0 aliphatic carbocycles. The molecule has 0 aromatic heterocycles. The van der Waals surface area contributed by atoms with Crippen LogP contribution in [0, 0.1) is 29.2 Å². The Morgan fingerprint density at radius 1 is 0.906 bits per heavy atom. The zero-order valence-electron chi connectivity index (χ0n) is 16.5. The van der Waals surface area contributed by atoms with E-state index in [2.05, 4.69) is 6.58 Å². The third kappa shape index (κ3) is 6.22. The van der Waals surface area contributed by atoms with E-state index in [1.165, 1.54) is 0 Å². The largest absolute Gasteiger partial charge is 0.490 e. The molecule has 0 fully saturated rings. The van der Waals surface area contributed by atoms with Crippen LogP contribution in [-0.2, 0) is 4.57 Å². The number of ether oxygens (including phenoxy) is 2. The maximum atomic E-state index is 14.5. The van der Waals surface area contributed by atoms with Crippen LogP contribution >= 0.6 is 8.46 Å². The van der Waals surface area contributed by atoms with Crippen LogP contribution < -0.4 is 9.47 Å². The van der Waals surface area contributed by atoms with Crippen LogP contribution in [0.5, 0.6) is 11.5 Å². The van der Waals surface area contributed by atoms with Crippen molar-refractivity contribution in [1.29, 1.82) is 0 Å². The maximum absolute atomic E-state index is 14.5. The molecule has 0 saturated heterocycles. The molecule has 0 saturated carbocycles. The van der Waals surface area contributed by atoms with E-state index in [4.69, 9.17) is 9.47 Å². The highest BCUT2D eigenvalue weighted by Crippen LogP contribution is 2.35. The van der Waals surface area contributed by atoms with Crippen molar-refractivity contribution in [3.8, 4) is 22.6 Å². The number of allylic oxidation sites excluding steroid dienone is 1. The monoisotopic (exact) mass is 482 g/mol. The minimum absolute atomic E-state index is 0.0848. The second-order valence-electron chi connectivity index (χ2n) is 6.62. The van der Waals surface area contributed by atoms with Gasteiger partial charge < -0.3 is 9.47 Å². The van der Waals surface area contributed by atoms with E-state index < -0.39 is 79.2 Å². The molecular weight excluding hydrogens is 464 g/mol. The van der Waals surface area contributed by atoms with Crippen LogP contribution in [0.25, 0.3) is 11.1 Å². The van der Waals surface area contributed by atoms with Crippen LogP contribution in [0.3, 0.4) is 0 Å². The molecule has 0 aliphatic rings. The number of hydrogen-bond donors (Lipinski definition) is 0. The SMILES string of the molecule is C=CCCCOc1ccc(-c2ccc(OC[C@@H](CP=O)C(F)(F)F)c(F)c2F)c(F)c1F. The fraction of sp³-hybridized carbons (Fsp3) is 0.333. The molecule has 2 aromatic carbocycles. The van der Waals surface area contributed by atoms with Gasteiger partial charge in [0.2, 0.25) is 11.6 Å². The number of halogens is 7. The van der Waals surface area contributed by atoms with Gasteiger partial charge in [-0.15, -0.1) is 6.58 Å². The topological polar surface area (TPSA) is 35.5 Å². The summed E-state index contributed by atoms with van der Waals surface area (Å²) in [4.78, 5) is 0. The lowest BCUT2D eigenvalue weighted by atomic mass is 10.0. The summed E-state index contributed by atoms with van der Waals surface area (Å²) in [7, 11) is -0.790. The molecule has 0 unspecified atom stereocenters. The molecule has 0 amide bonds. The Hall–Kier alpha value is -2.61. The first-order valence-electron chi connectivity index (χ1n) is 9.30. The zero-order valence-corrected chi connectivity index (χ0v) is 17.4. The Balaban J connectivity index is 2.25. The van der Waals surface area contributed by atoms with E-state index in [-0.39, 0.29) is 6.61 Å². The molecule has 174 valence electrons. The van der Waals surface area contributed by atoms with Gasteiger partial charge in [0, 0.05) is 17.3 Å². The average Bonchev–Trinajstić information content (AvgIpc) is 2.74. The van der Waals surface area contributed by atoms with Crippen LogP contribution in [-0.4, -0.2) is 25.6 Å². The van der Waals surface area contributed by atoms with Crippen molar-refractivity contribution in [3.05, 3.63) is 60.2 Å². The first kappa shape index (κ1) is 25.6. The predicted molar refractivity (Wildman–Crippen MR) is 104 cm³/mol. The van der Waals surface area contributed by atoms with Crippen LogP contribution in [0.1, 0.15) is 12.8 Å². The van der Waals surface area contributed by atoms with E-state index in [0.717, 1.165) is 24.3 Å². The van der Waals surface area contributed by atoms with Crippen molar-refractivity contribution in [3.63, 3.8) is 0 Å². The molecule has 0 aliphatic heterocycles. The third-order valence-electron chi connectivity index (χ3n) is 4.39. The van der Waals surface area contributed by atoms with Gasteiger partial charge in [-0.3, -0.25) is 4.57 Å². The molecule has 0 bridgehead atoms. The highest BCUT2D eigenvalue weighted by molar-refractivity contribution is 7.23. The van der Waals surface area contributed by atoms with E-state index in [9.17, 15) is 35.3 Å². The number of alkyl halides is 3. The minimum atomic E-state index is -4.76. The van der Waals surface area contributed by atoms with E-state index >= 15 is 0 Å². The highest BCUT2D eigenvalue weighted by atomic mass is 31.1. The van der Waals surface area contributed by atoms with Crippen LogP contribution in [0.2, 0.25) is 0 Å². The molecule has 0 radical (unpaired) electrons. The Labute approximate surface area is 181 Å². The standard InChI is InChI=1S/C21H18F7O3P/c1-2-3-4-9-30-15-7-5-13(17(22)19(15)24)14-6-8-16(20(25)18(14)23)31-10-12(11-32-29)21(26,27)28/h2,5-8,12H,1,3-4,9-11H2/t12-/m0/s1. The molecule has 3 nitrogen and oxygen atoms in total. The number of rotatable bonds is 11. The third-order valence-corrected chi connectivity index (χ3v) is 4.98. The summed E-state index contributed by atoms with van der Waals surface area (Å²) in [5, 5.41) is 0. The summed E-state index contributed by atoms with van der Waals surface area (Å²) in [6, 6.07) is 3.70. The quantitative estimate of drug-likeness (QED) is 0.148. The van der Waals surface area contributed by atoms with Crippen molar-refractivity contribution < 1.29 is 44.8 Å². The van der Waals surface area contributed by atoms with Gasteiger partial charge in [-0.05, 0) is 37.1 Å². The molecule has 0 heterocycles. The van der Waals surface area contributed by atoms with Gasteiger partial charge in [-0.1, -0.05) is 6.08 Å². The fourth-order valence-corrected chi connectivity index (χ4v) is 3.14. The number of unbranched alkanes of at least 4 members (excludes halogenated alkanes) is 1. The lowest BCUT2D eigenvalue weighted by molar-refractivity contribution is -0.175. The molecule has 2 aromatic rings. The molecule has 0 N–H and O–H groups in total. The Bertz CT molecular complexity index is 963. The Morgan fingerprint density at radius 2 is 1.44 bits per heavy atom. The van der Waals surface area contributed by atoms with Crippen LogP contribution in [0.15, 0.2) is 36.9 Å². The van der Waals surface area contributed by atoms with E-state index in [1.807, 2.05) is 0 Å². The second kappa shape index (κ2) is 11.3. The lowest BCUT2D eigenvalue weighted by Crippen LogP contribution is -2.30. The zero-order chi connectivity index (χ0) is 23.9. The van der Waals surface area contributed by atoms with E-state index in [0.29, 0.717) is 12.8 Å². The van der Waals surface area contributed by atoms with Gasteiger partial charge in [-0.2, -0.15) is 22.0 Å². The highest BCUT2D eigenvalue weighted by Gasteiger charge is 2.40. The minimum Gasteiger partial charge on any atom is -0.490 e. The van der Waals surface area contributed by atoms with Crippen molar-refractivity contribution in [2.75, 3.05) is 19.4 Å². The van der Waals surface area contributed by atoms with Gasteiger partial charge in [0.1, 0.15) is 6.61 Å². The molecule has 2 rings (SSSR count). The number of benzene rings is 2. The predicted octanol–water partition coefficient (Wildman–Crippen LogP) is 7.10. The van der Waals surface area contributed by atoms with Gasteiger partial charge in [0.25, 0.3) is 0 Å². The lowest BCUT2D eigenvalue weighted by Gasteiger charge is -2.19. The molecule has 32 heavy (non-hydrogen) atoms. The van der Waals surface area contributed by atoms with Gasteiger partial charge in [0.15, 0.2) is 31.6 Å². The normalized spacial score (nSPS) is 12.6. The van der Waals surface area contributed by atoms with Crippen molar-refractivity contribution in [2.45, 2.75) is 19.0 Å². The summed E-state index contributed by atoms with van der Waals surface area (Å²) >= 11 is 0. The Morgan fingerprint density at radius 3 is 1.91 bits per heavy atom.